The summed E-state index contributed by atoms with van der Waals surface area (Å²) in [7, 11) is -3.38. The highest BCUT2D eigenvalue weighted by atomic mass is 32.2. The number of benzene rings is 1. The number of thiophene rings is 1. The van der Waals surface area contributed by atoms with Crippen LogP contribution in [0.1, 0.15) is 20.8 Å². The molecule has 1 amide bonds. The Morgan fingerprint density at radius 2 is 2.05 bits per heavy atom. The van der Waals surface area contributed by atoms with Crippen molar-refractivity contribution in [1.82, 2.24) is 5.32 Å². The first-order chi connectivity index (χ1) is 9.58. The molecule has 0 saturated heterocycles. The van der Waals surface area contributed by atoms with E-state index in [4.69, 9.17) is 0 Å². The third-order valence-corrected chi connectivity index (χ3v) is 5.37. The summed E-state index contributed by atoms with van der Waals surface area (Å²) in [6.45, 7) is 0.441. The maximum absolute atomic E-state index is 12.2. The molecule has 0 saturated carbocycles. The van der Waals surface area contributed by atoms with E-state index < -0.39 is 9.84 Å². The van der Waals surface area contributed by atoms with Crippen molar-refractivity contribution < 1.29 is 13.2 Å². The molecule has 1 aliphatic rings. The van der Waals surface area contributed by atoms with Crippen molar-refractivity contribution in [2.75, 3.05) is 0 Å². The van der Waals surface area contributed by atoms with Gasteiger partial charge in [-0.05, 0) is 29.7 Å². The van der Waals surface area contributed by atoms with Crippen LogP contribution in [0.25, 0.3) is 6.08 Å². The zero-order valence-corrected chi connectivity index (χ0v) is 12.0. The average Bonchev–Trinajstić information content (AvgIpc) is 3.04. The smallest absolute Gasteiger partial charge is 0.252 e. The number of rotatable bonds is 3. The van der Waals surface area contributed by atoms with E-state index in [1.807, 2.05) is 17.5 Å². The monoisotopic (exact) mass is 305 g/mol. The second-order valence-electron chi connectivity index (χ2n) is 4.33. The lowest BCUT2D eigenvalue weighted by atomic mass is 10.1. The lowest BCUT2D eigenvalue weighted by Gasteiger charge is -2.07. The summed E-state index contributed by atoms with van der Waals surface area (Å²) in [5, 5.41) is 5.88. The molecule has 4 nitrogen and oxygen atoms in total. The Labute approximate surface area is 120 Å². The normalized spacial score (nSPS) is 15.0. The van der Waals surface area contributed by atoms with E-state index in [1.165, 1.54) is 12.1 Å². The summed E-state index contributed by atoms with van der Waals surface area (Å²) < 4.78 is 23.5. The first-order valence-electron chi connectivity index (χ1n) is 5.95. The van der Waals surface area contributed by atoms with Gasteiger partial charge in [0.05, 0.1) is 11.4 Å². The Hall–Kier alpha value is -1.92. The molecule has 102 valence electrons. The van der Waals surface area contributed by atoms with Crippen molar-refractivity contribution >= 4 is 33.2 Å². The largest absolute Gasteiger partial charge is 0.347 e. The molecule has 1 aromatic heterocycles. The molecule has 1 aliphatic heterocycles. The van der Waals surface area contributed by atoms with Crippen LogP contribution in [0.15, 0.2) is 46.0 Å². The number of carbonyl (C=O) groups excluding carboxylic acids is 1. The minimum Gasteiger partial charge on any atom is -0.347 e. The molecule has 20 heavy (non-hydrogen) atoms. The molecule has 6 heteroatoms. The molecule has 1 aromatic carbocycles. The SMILES string of the molecule is O=C(NCc1cccs1)c1cccc2c1C=CS2(=O)=O. The number of nitrogens with one attached hydrogen (secondary N) is 1. The third-order valence-electron chi connectivity index (χ3n) is 3.03. The third kappa shape index (κ3) is 2.28. The van der Waals surface area contributed by atoms with Gasteiger partial charge in [-0.2, -0.15) is 0 Å². The standard InChI is InChI=1S/C14H11NO3S2/c16-14(15-9-10-3-2-7-19-10)12-4-1-5-13-11(12)6-8-20(13,17)18/h1-8H,9H2,(H,15,16). The van der Waals surface area contributed by atoms with E-state index >= 15 is 0 Å². The van der Waals surface area contributed by atoms with Crippen molar-refractivity contribution in [3.05, 3.63) is 57.1 Å². The van der Waals surface area contributed by atoms with E-state index in [-0.39, 0.29) is 10.8 Å². The Kier molecular flexibility index (Phi) is 3.19. The highest BCUT2D eigenvalue weighted by Gasteiger charge is 2.24. The number of amides is 1. The van der Waals surface area contributed by atoms with E-state index in [9.17, 15) is 13.2 Å². The Morgan fingerprint density at radius 3 is 2.80 bits per heavy atom. The van der Waals surface area contributed by atoms with Crippen molar-refractivity contribution in [2.24, 2.45) is 0 Å². The van der Waals surface area contributed by atoms with E-state index in [0.717, 1.165) is 10.3 Å². The average molecular weight is 305 g/mol. The van der Waals surface area contributed by atoms with Crippen molar-refractivity contribution in [3.8, 4) is 0 Å². The van der Waals surface area contributed by atoms with Crippen LogP contribution in [-0.2, 0) is 16.4 Å². The zero-order valence-electron chi connectivity index (χ0n) is 10.4. The summed E-state index contributed by atoms with van der Waals surface area (Å²) in [4.78, 5) is 13.4. The number of sulfone groups is 1. The molecule has 0 spiro atoms. The first-order valence-corrected chi connectivity index (χ1v) is 8.37. The Bertz CT molecular complexity index is 790. The van der Waals surface area contributed by atoms with Crippen LogP contribution in [0.4, 0.5) is 0 Å². The molecular formula is C14H11NO3S2. The summed E-state index contributed by atoms with van der Waals surface area (Å²) in [6.07, 6.45) is 1.48. The van der Waals surface area contributed by atoms with Gasteiger partial charge in [0.2, 0.25) is 0 Å². The summed E-state index contributed by atoms with van der Waals surface area (Å²) in [6, 6.07) is 8.59. The number of hydrogen-bond donors (Lipinski definition) is 1. The first kappa shape index (κ1) is 13.1. The minimum atomic E-state index is -3.38. The molecule has 2 aromatic rings. The minimum absolute atomic E-state index is 0.196. The Morgan fingerprint density at radius 1 is 1.20 bits per heavy atom. The molecule has 1 N–H and O–H groups in total. The van der Waals surface area contributed by atoms with Gasteiger partial charge < -0.3 is 5.32 Å². The summed E-state index contributed by atoms with van der Waals surface area (Å²) in [5.74, 6) is -0.267. The number of carbonyl (C=O) groups is 1. The molecule has 0 unspecified atom stereocenters. The Balaban J connectivity index is 1.87. The van der Waals surface area contributed by atoms with Crippen LogP contribution in [-0.4, -0.2) is 14.3 Å². The van der Waals surface area contributed by atoms with Gasteiger partial charge in [0.1, 0.15) is 0 Å². The molecule has 0 aliphatic carbocycles. The molecular weight excluding hydrogens is 294 g/mol. The van der Waals surface area contributed by atoms with Gasteiger partial charge in [0.15, 0.2) is 9.84 Å². The quantitative estimate of drug-likeness (QED) is 0.947. The number of hydrogen-bond acceptors (Lipinski definition) is 4. The maximum atomic E-state index is 12.2. The molecule has 0 atom stereocenters. The highest BCUT2D eigenvalue weighted by molar-refractivity contribution is 7.94. The van der Waals surface area contributed by atoms with Crippen LogP contribution in [0.2, 0.25) is 0 Å². The molecule has 3 rings (SSSR count). The van der Waals surface area contributed by atoms with Crippen LogP contribution in [0.3, 0.4) is 0 Å². The van der Waals surface area contributed by atoms with Gasteiger partial charge in [0, 0.05) is 21.4 Å². The van der Waals surface area contributed by atoms with Crippen LogP contribution in [0, 0.1) is 0 Å². The van der Waals surface area contributed by atoms with E-state index in [1.54, 1.807) is 23.5 Å². The molecule has 0 fully saturated rings. The molecule has 2 heterocycles. The lowest BCUT2D eigenvalue weighted by molar-refractivity contribution is 0.0951. The fourth-order valence-corrected chi connectivity index (χ4v) is 3.93. The highest BCUT2D eigenvalue weighted by Crippen LogP contribution is 2.29. The van der Waals surface area contributed by atoms with Gasteiger partial charge >= 0.3 is 0 Å². The van der Waals surface area contributed by atoms with Crippen LogP contribution < -0.4 is 5.32 Å². The summed E-state index contributed by atoms with van der Waals surface area (Å²) in [5.41, 5.74) is 0.854. The maximum Gasteiger partial charge on any atom is 0.252 e. The summed E-state index contributed by atoms with van der Waals surface area (Å²) >= 11 is 1.56. The number of fused-ring (bicyclic) bond motifs is 1. The van der Waals surface area contributed by atoms with Crippen molar-refractivity contribution in [3.63, 3.8) is 0 Å². The van der Waals surface area contributed by atoms with E-state index in [2.05, 4.69) is 5.32 Å². The molecule has 0 bridgehead atoms. The van der Waals surface area contributed by atoms with Gasteiger partial charge in [-0.3, -0.25) is 4.79 Å². The van der Waals surface area contributed by atoms with E-state index in [0.29, 0.717) is 17.7 Å². The topological polar surface area (TPSA) is 63.2 Å². The second kappa shape index (κ2) is 4.88. The van der Waals surface area contributed by atoms with Crippen LogP contribution in [0.5, 0.6) is 0 Å². The second-order valence-corrected chi connectivity index (χ2v) is 7.16. The van der Waals surface area contributed by atoms with Crippen molar-refractivity contribution in [2.45, 2.75) is 11.4 Å². The van der Waals surface area contributed by atoms with Gasteiger partial charge in [-0.15, -0.1) is 11.3 Å². The fraction of sp³-hybridized carbons (Fsp3) is 0.0714. The van der Waals surface area contributed by atoms with Crippen molar-refractivity contribution in [1.29, 1.82) is 0 Å². The van der Waals surface area contributed by atoms with Gasteiger partial charge in [-0.1, -0.05) is 12.1 Å². The predicted octanol–water partition coefficient (Wildman–Crippen LogP) is 2.44. The lowest BCUT2D eigenvalue weighted by Crippen LogP contribution is -2.23. The van der Waals surface area contributed by atoms with Crippen LogP contribution >= 0.6 is 11.3 Å². The van der Waals surface area contributed by atoms with Gasteiger partial charge in [0.25, 0.3) is 5.91 Å². The predicted molar refractivity (Wildman–Crippen MR) is 78.2 cm³/mol. The fourth-order valence-electron chi connectivity index (χ4n) is 2.07. The van der Waals surface area contributed by atoms with Gasteiger partial charge in [-0.25, -0.2) is 8.42 Å². The molecule has 0 radical (unpaired) electrons. The zero-order chi connectivity index (χ0) is 14.2.